The highest BCUT2D eigenvalue weighted by Crippen LogP contribution is 2.13. The van der Waals surface area contributed by atoms with Gasteiger partial charge in [0.25, 0.3) is 0 Å². The molecule has 0 aliphatic carbocycles. The molecule has 6 heteroatoms. The Hall–Kier alpha value is -3.15. The van der Waals surface area contributed by atoms with Crippen molar-refractivity contribution < 1.29 is 28.6 Å². The van der Waals surface area contributed by atoms with Crippen LogP contribution in [0.5, 0.6) is 0 Å². The molecule has 0 fully saturated rings. The van der Waals surface area contributed by atoms with E-state index in [1.54, 1.807) is 0 Å². The molecule has 0 radical (unpaired) electrons. The van der Waals surface area contributed by atoms with Crippen molar-refractivity contribution in [1.82, 2.24) is 0 Å². The van der Waals surface area contributed by atoms with Gasteiger partial charge in [-0.1, -0.05) is 190 Å². The van der Waals surface area contributed by atoms with Crippen LogP contribution in [-0.2, 0) is 28.6 Å². The summed E-state index contributed by atoms with van der Waals surface area (Å²) < 4.78 is 16.7. The van der Waals surface area contributed by atoms with Crippen molar-refractivity contribution in [2.75, 3.05) is 13.2 Å². The number of unbranched alkanes of at least 4 members (excludes halogenated alkanes) is 23. The number of hydrogen-bond donors (Lipinski definition) is 0. The van der Waals surface area contributed by atoms with Crippen LogP contribution >= 0.6 is 0 Å². The van der Waals surface area contributed by atoms with E-state index in [-0.39, 0.29) is 31.1 Å². The Kier molecular flexibility index (Phi) is 47.9. The number of rotatable bonds is 46. The first-order chi connectivity index (χ1) is 30.5. The maximum Gasteiger partial charge on any atom is 0.306 e. The Morgan fingerprint density at radius 1 is 0.323 bits per heavy atom. The molecule has 0 aromatic rings. The van der Waals surface area contributed by atoms with Crippen LogP contribution in [0.1, 0.15) is 245 Å². The van der Waals surface area contributed by atoms with Gasteiger partial charge in [0, 0.05) is 19.3 Å². The van der Waals surface area contributed by atoms with Gasteiger partial charge < -0.3 is 14.2 Å². The molecule has 1 atom stereocenters. The summed E-state index contributed by atoms with van der Waals surface area (Å²) in [5.74, 6) is -0.943. The van der Waals surface area contributed by atoms with Gasteiger partial charge in [-0.25, -0.2) is 0 Å². The van der Waals surface area contributed by atoms with E-state index in [0.29, 0.717) is 19.3 Å². The molecular weight excluding hydrogens is 769 g/mol. The number of hydrogen-bond acceptors (Lipinski definition) is 6. The van der Waals surface area contributed by atoms with Crippen LogP contribution in [0.15, 0.2) is 72.9 Å². The fraction of sp³-hybridized carbons (Fsp3) is 0.732. The van der Waals surface area contributed by atoms with Gasteiger partial charge in [-0.05, 0) is 109 Å². The van der Waals surface area contributed by atoms with Gasteiger partial charge in [0.1, 0.15) is 13.2 Å². The van der Waals surface area contributed by atoms with Crippen molar-refractivity contribution >= 4 is 17.9 Å². The van der Waals surface area contributed by atoms with Crippen molar-refractivity contribution in [2.24, 2.45) is 0 Å². The second-order valence-electron chi connectivity index (χ2n) is 17.1. The molecule has 0 bridgehead atoms. The lowest BCUT2D eigenvalue weighted by atomic mass is 10.1. The van der Waals surface area contributed by atoms with Crippen molar-refractivity contribution in [1.29, 1.82) is 0 Å². The summed E-state index contributed by atoms with van der Waals surface area (Å²) in [6.07, 6.45) is 63.1. The van der Waals surface area contributed by atoms with E-state index in [4.69, 9.17) is 14.2 Å². The summed E-state index contributed by atoms with van der Waals surface area (Å²) >= 11 is 0. The van der Waals surface area contributed by atoms with Crippen LogP contribution in [0.4, 0.5) is 0 Å². The van der Waals surface area contributed by atoms with Gasteiger partial charge >= 0.3 is 17.9 Å². The lowest BCUT2D eigenvalue weighted by Gasteiger charge is -2.18. The van der Waals surface area contributed by atoms with E-state index in [1.165, 1.54) is 103 Å². The Labute approximate surface area is 382 Å². The average molecular weight is 865 g/mol. The van der Waals surface area contributed by atoms with E-state index >= 15 is 0 Å². The smallest absolute Gasteiger partial charge is 0.306 e. The highest BCUT2D eigenvalue weighted by atomic mass is 16.6. The molecule has 0 saturated heterocycles. The third kappa shape index (κ3) is 47.9. The van der Waals surface area contributed by atoms with Crippen molar-refractivity contribution in [3.05, 3.63) is 72.9 Å². The fourth-order valence-electron chi connectivity index (χ4n) is 6.93. The van der Waals surface area contributed by atoms with E-state index in [0.717, 1.165) is 103 Å². The molecule has 0 spiro atoms. The average Bonchev–Trinajstić information content (AvgIpc) is 3.27. The van der Waals surface area contributed by atoms with E-state index in [9.17, 15) is 14.4 Å². The first kappa shape index (κ1) is 58.9. The summed E-state index contributed by atoms with van der Waals surface area (Å²) in [6.45, 7) is 6.52. The van der Waals surface area contributed by atoms with Gasteiger partial charge in [0.15, 0.2) is 6.10 Å². The van der Waals surface area contributed by atoms with Gasteiger partial charge in [0.2, 0.25) is 0 Å². The SMILES string of the molecule is CCCC/C=C\CCCCCCCC(=O)OC[C@H](COC(=O)CCCCC/C=C\C/C=C\C/C=C\C/C=C\CCCCC)OC(=O)CCCCCCC/C=C\CCCCCCC. The quantitative estimate of drug-likeness (QED) is 0.0262. The summed E-state index contributed by atoms with van der Waals surface area (Å²) in [4.78, 5) is 37.9. The second-order valence-corrected chi connectivity index (χ2v) is 17.1. The van der Waals surface area contributed by atoms with Gasteiger partial charge in [-0.15, -0.1) is 0 Å². The van der Waals surface area contributed by atoms with Gasteiger partial charge in [0.05, 0.1) is 0 Å². The number of ether oxygens (including phenoxy) is 3. The molecule has 0 N–H and O–H groups in total. The Bertz CT molecular complexity index is 1180. The molecule has 0 rings (SSSR count). The third-order valence-corrected chi connectivity index (χ3v) is 10.9. The molecule has 0 aromatic heterocycles. The van der Waals surface area contributed by atoms with Crippen molar-refractivity contribution in [3.63, 3.8) is 0 Å². The largest absolute Gasteiger partial charge is 0.462 e. The number of esters is 3. The number of carbonyl (C=O) groups is 3. The number of allylic oxidation sites excluding steroid dienone is 12. The monoisotopic (exact) mass is 865 g/mol. The maximum atomic E-state index is 12.8. The first-order valence-electron chi connectivity index (χ1n) is 25.9. The van der Waals surface area contributed by atoms with Crippen LogP contribution in [0.3, 0.4) is 0 Å². The Morgan fingerprint density at radius 2 is 0.597 bits per heavy atom. The summed E-state index contributed by atoms with van der Waals surface area (Å²) in [6, 6.07) is 0. The molecule has 6 nitrogen and oxygen atoms in total. The molecule has 0 saturated carbocycles. The summed E-state index contributed by atoms with van der Waals surface area (Å²) in [5, 5.41) is 0. The normalized spacial score (nSPS) is 12.6. The Morgan fingerprint density at radius 3 is 1.02 bits per heavy atom. The van der Waals surface area contributed by atoms with Crippen LogP contribution in [0.2, 0.25) is 0 Å². The highest BCUT2D eigenvalue weighted by Gasteiger charge is 2.19. The van der Waals surface area contributed by atoms with E-state index < -0.39 is 6.10 Å². The topological polar surface area (TPSA) is 78.9 Å². The molecule has 0 aliphatic rings. The predicted octanol–water partition coefficient (Wildman–Crippen LogP) is 17.0. The molecule has 62 heavy (non-hydrogen) atoms. The minimum absolute atomic E-state index is 0.0937. The van der Waals surface area contributed by atoms with Crippen LogP contribution in [0.25, 0.3) is 0 Å². The highest BCUT2D eigenvalue weighted by molar-refractivity contribution is 5.71. The molecular formula is C56H96O6. The molecule has 0 heterocycles. The molecule has 0 aliphatic heterocycles. The Balaban J connectivity index is 4.44. The molecule has 0 unspecified atom stereocenters. The molecule has 356 valence electrons. The summed E-state index contributed by atoms with van der Waals surface area (Å²) in [5.41, 5.74) is 0. The molecule has 0 amide bonds. The first-order valence-corrected chi connectivity index (χ1v) is 25.9. The zero-order chi connectivity index (χ0) is 45.1. The van der Waals surface area contributed by atoms with Crippen LogP contribution in [0, 0.1) is 0 Å². The lowest BCUT2D eigenvalue weighted by Crippen LogP contribution is -2.30. The maximum absolute atomic E-state index is 12.8. The minimum Gasteiger partial charge on any atom is -0.462 e. The minimum atomic E-state index is -0.795. The van der Waals surface area contributed by atoms with E-state index in [1.807, 2.05) is 0 Å². The lowest BCUT2D eigenvalue weighted by molar-refractivity contribution is -0.167. The number of carbonyl (C=O) groups excluding carboxylic acids is 3. The zero-order valence-electron chi connectivity index (χ0n) is 40.6. The van der Waals surface area contributed by atoms with Crippen LogP contribution in [-0.4, -0.2) is 37.2 Å². The fourth-order valence-corrected chi connectivity index (χ4v) is 6.93. The van der Waals surface area contributed by atoms with Crippen molar-refractivity contribution in [2.45, 2.75) is 252 Å². The van der Waals surface area contributed by atoms with Crippen LogP contribution < -0.4 is 0 Å². The second kappa shape index (κ2) is 50.5. The van der Waals surface area contributed by atoms with E-state index in [2.05, 4.69) is 93.7 Å². The zero-order valence-corrected chi connectivity index (χ0v) is 40.6. The third-order valence-electron chi connectivity index (χ3n) is 10.9. The predicted molar refractivity (Wildman–Crippen MR) is 265 cm³/mol. The standard InChI is InChI=1S/C56H96O6/c1-4-7-10-13-16-19-22-24-26-27-28-29-30-32-34-37-40-43-46-49-55(58)61-52-53(51-60-54(57)48-45-42-39-36-33-21-18-15-12-9-6-3)62-56(59)50-47-44-41-38-35-31-25-23-20-17-14-11-8-5-2/h15-16,18-19,23-26,28-29,32,34,53H,4-14,17,20-22,27,30-31,33,35-52H2,1-3H3/b18-15-,19-16-,25-23-,26-24-,29-28-,34-32-/t53-/m1/s1. The summed E-state index contributed by atoms with van der Waals surface area (Å²) in [7, 11) is 0. The van der Waals surface area contributed by atoms with Gasteiger partial charge in [-0.3, -0.25) is 14.4 Å². The van der Waals surface area contributed by atoms with Crippen molar-refractivity contribution in [3.8, 4) is 0 Å². The molecule has 0 aromatic carbocycles. The van der Waals surface area contributed by atoms with Gasteiger partial charge in [-0.2, -0.15) is 0 Å².